The van der Waals surface area contributed by atoms with Gasteiger partial charge in [-0.2, -0.15) is 0 Å². The Morgan fingerprint density at radius 1 is 1.64 bits per heavy atom. The number of aliphatic imine (C=N–C) groups is 1. The lowest BCUT2D eigenvalue weighted by Gasteiger charge is -2.25. The Morgan fingerprint density at radius 2 is 2.29 bits per heavy atom. The topological polar surface area (TPSA) is 49.7 Å². The van der Waals surface area contributed by atoms with Crippen LogP contribution in [0.25, 0.3) is 0 Å². The van der Waals surface area contributed by atoms with E-state index in [4.69, 9.17) is 5.11 Å². The number of rotatable bonds is 3. The molecule has 1 N–H and O–H groups in total. The molecule has 0 spiro atoms. The predicted molar refractivity (Wildman–Crippen MR) is 63.5 cm³/mol. The van der Waals surface area contributed by atoms with Gasteiger partial charge in [-0.3, -0.25) is 9.79 Å². The first-order chi connectivity index (χ1) is 6.51. The van der Waals surface area contributed by atoms with Crippen LogP contribution in [0, 0.1) is 5.41 Å². The second-order valence-electron chi connectivity index (χ2n) is 3.48. The largest absolute Gasteiger partial charge is 0.481 e. The van der Waals surface area contributed by atoms with Crippen LogP contribution in [-0.2, 0) is 4.79 Å². The Labute approximate surface area is 99.5 Å². The summed E-state index contributed by atoms with van der Waals surface area (Å²) in [6.07, 6.45) is 2.19. The molecular formula is C9H11Br2NO2. The third-order valence-electron chi connectivity index (χ3n) is 2.14. The third-order valence-corrected chi connectivity index (χ3v) is 3.36. The van der Waals surface area contributed by atoms with E-state index < -0.39 is 11.4 Å². The van der Waals surface area contributed by atoms with Crippen LogP contribution in [0.5, 0.6) is 0 Å². The average molecular weight is 325 g/mol. The molecule has 0 fully saturated rings. The van der Waals surface area contributed by atoms with E-state index in [-0.39, 0.29) is 0 Å². The molecule has 0 radical (unpaired) electrons. The molecule has 1 rings (SSSR count). The van der Waals surface area contributed by atoms with Crippen LogP contribution in [-0.4, -0.2) is 27.4 Å². The van der Waals surface area contributed by atoms with Crippen molar-refractivity contribution in [2.24, 2.45) is 10.4 Å². The van der Waals surface area contributed by atoms with Gasteiger partial charge in [0.05, 0.1) is 5.41 Å². The average Bonchev–Trinajstić information content (AvgIpc) is 2.16. The monoisotopic (exact) mass is 323 g/mol. The van der Waals surface area contributed by atoms with Gasteiger partial charge in [-0.15, -0.1) is 0 Å². The molecule has 1 unspecified atom stereocenters. The molecule has 0 saturated heterocycles. The highest BCUT2D eigenvalue weighted by Crippen LogP contribution is 2.31. The Morgan fingerprint density at radius 3 is 2.71 bits per heavy atom. The maximum Gasteiger partial charge on any atom is 0.313 e. The van der Waals surface area contributed by atoms with Gasteiger partial charge in [0.25, 0.3) is 0 Å². The van der Waals surface area contributed by atoms with Gasteiger partial charge in [0.2, 0.25) is 0 Å². The molecule has 14 heavy (non-hydrogen) atoms. The number of carbonyl (C=O) groups is 1. The molecule has 0 aliphatic carbocycles. The molecule has 3 nitrogen and oxygen atoms in total. The zero-order valence-corrected chi connectivity index (χ0v) is 10.9. The summed E-state index contributed by atoms with van der Waals surface area (Å²) in [5.41, 5.74) is 0.857. The molecule has 1 aliphatic rings. The van der Waals surface area contributed by atoms with Crippen molar-refractivity contribution in [1.82, 2.24) is 0 Å². The number of alkyl halides is 2. The zero-order valence-electron chi connectivity index (χ0n) is 7.76. The SMILES string of the molecule is CC1(C(=O)O)C=C(CBr)N=C(CBr)C1. The fourth-order valence-electron chi connectivity index (χ4n) is 1.40. The fraction of sp³-hybridized carbons (Fsp3) is 0.556. The van der Waals surface area contributed by atoms with Gasteiger partial charge in [0.1, 0.15) is 0 Å². The molecule has 1 heterocycles. The summed E-state index contributed by atoms with van der Waals surface area (Å²) in [7, 11) is 0. The molecule has 5 heteroatoms. The minimum atomic E-state index is -0.812. The van der Waals surface area contributed by atoms with Crippen LogP contribution in [0.4, 0.5) is 0 Å². The first kappa shape index (κ1) is 11.9. The minimum absolute atomic E-state index is 0.476. The van der Waals surface area contributed by atoms with Crippen LogP contribution in [0.1, 0.15) is 13.3 Å². The van der Waals surface area contributed by atoms with E-state index in [2.05, 4.69) is 36.9 Å². The quantitative estimate of drug-likeness (QED) is 0.811. The Kier molecular flexibility index (Phi) is 3.89. The smallest absolute Gasteiger partial charge is 0.313 e. The molecule has 0 aromatic rings. The molecule has 0 aromatic heterocycles. The van der Waals surface area contributed by atoms with Gasteiger partial charge < -0.3 is 5.11 Å². The summed E-state index contributed by atoms with van der Waals surface area (Å²) < 4.78 is 0. The minimum Gasteiger partial charge on any atom is -0.481 e. The van der Waals surface area contributed by atoms with E-state index in [1.807, 2.05) is 0 Å². The molecule has 0 aromatic carbocycles. The van der Waals surface area contributed by atoms with Gasteiger partial charge in [-0.1, -0.05) is 31.9 Å². The van der Waals surface area contributed by atoms with E-state index in [9.17, 15) is 4.79 Å². The predicted octanol–water partition coefficient (Wildman–Crippen LogP) is 2.60. The van der Waals surface area contributed by atoms with Crippen molar-refractivity contribution in [2.75, 3.05) is 10.7 Å². The van der Waals surface area contributed by atoms with Crippen molar-refractivity contribution in [1.29, 1.82) is 0 Å². The van der Waals surface area contributed by atoms with Crippen LogP contribution < -0.4 is 0 Å². The van der Waals surface area contributed by atoms with Gasteiger partial charge in [0, 0.05) is 28.5 Å². The van der Waals surface area contributed by atoms with Crippen molar-refractivity contribution in [3.63, 3.8) is 0 Å². The second kappa shape index (κ2) is 4.57. The molecule has 0 saturated carbocycles. The van der Waals surface area contributed by atoms with Crippen molar-refractivity contribution in [2.45, 2.75) is 13.3 Å². The first-order valence-electron chi connectivity index (χ1n) is 4.15. The number of nitrogens with zero attached hydrogens (tertiary/aromatic N) is 1. The number of carboxylic acid groups (broad SMARTS) is 1. The maximum absolute atomic E-state index is 11.1. The summed E-state index contributed by atoms with van der Waals surface area (Å²) in [6.45, 7) is 1.72. The van der Waals surface area contributed by atoms with Gasteiger partial charge in [0.15, 0.2) is 0 Å². The Hall–Kier alpha value is -0.160. The normalized spacial score (nSPS) is 26.8. The highest BCUT2D eigenvalue weighted by atomic mass is 79.9. The molecule has 1 atom stereocenters. The van der Waals surface area contributed by atoms with Crippen molar-refractivity contribution < 1.29 is 9.90 Å². The van der Waals surface area contributed by atoms with Gasteiger partial charge in [-0.25, -0.2) is 0 Å². The number of hydrogen-bond donors (Lipinski definition) is 1. The van der Waals surface area contributed by atoms with Crippen molar-refractivity contribution in [3.8, 4) is 0 Å². The number of hydrogen-bond acceptors (Lipinski definition) is 2. The summed E-state index contributed by atoms with van der Waals surface area (Å²) in [6, 6.07) is 0. The van der Waals surface area contributed by atoms with E-state index in [1.165, 1.54) is 0 Å². The van der Waals surface area contributed by atoms with Crippen LogP contribution >= 0.6 is 31.9 Å². The van der Waals surface area contributed by atoms with E-state index in [0.717, 1.165) is 11.4 Å². The fourth-order valence-corrected chi connectivity index (χ4v) is 2.01. The Balaban J connectivity index is 3.01. The van der Waals surface area contributed by atoms with Crippen molar-refractivity contribution in [3.05, 3.63) is 11.8 Å². The standard InChI is InChI=1S/C9H11Br2NO2/c1-9(8(13)14)2-6(4-10)12-7(3-9)5-11/h2H,3-5H2,1H3,(H,13,14). The number of carboxylic acids is 1. The highest BCUT2D eigenvalue weighted by Gasteiger charge is 2.34. The third kappa shape index (κ3) is 2.45. The summed E-state index contributed by atoms with van der Waals surface area (Å²) in [5, 5.41) is 10.3. The molecular weight excluding hydrogens is 314 g/mol. The lowest BCUT2D eigenvalue weighted by atomic mass is 9.82. The first-order valence-corrected chi connectivity index (χ1v) is 6.39. The summed E-state index contributed by atoms with van der Waals surface area (Å²) in [4.78, 5) is 15.4. The number of halogens is 2. The van der Waals surface area contributed by atoms with E-state index in [0.29, 0.717) is 17.1 Å². The molecule has 1 aliphatic heterocycles. The molecule has 0 amide bonds. The lowest BCUT2D eigenvalue weighted by Crippen LogP contribution is -2.31. The second-order valence-corrected chi connectivity index (χ2v) is 4.60. The summed E-state index contributed by atoms with van der Waals surface area (Å²) >= 11 is 6.59. The van der Waals surface area contributed by atoms with Crippen LogP contribution in [0.15, 0.2) is 16.8 Å². The lowest BCUT2D eigenvalue weighted by molar-refractivity contribution is -0.144. The highest BCUT2D eigenvalue weighted by molar-refractivity contribution is 9.09. The maximum atomic E-state index is 11.1. The zero-order chi connectivity index (χ0) is 10.8. The van der Waals surface area contributed by atoms with Crippen LogP contribution in [0.3, 0.4) is 0 Å². The van der Waals surface area contributed by atoms with Gasteiger partial charge >= 0.3 is 5.97 Å². The van der Waals surface area contributed by atoms with Crippen molar-refractivity contribution >= 4 is 43.5 Å². The summed E-state index contributed by atoms with van der Waals surface area (Å²) in [5.74, 6) is -0.802. The van der Waals surface area contributed by atoms with E-state index in [1.54, 1.807) is 13.0 Å². The number of aliphatic carboxylic acids is 1. The van der Waals surface area contributed by atoms with Crippen LogP contribution in [0.2, 0.25) is 0 Å². The molecule has 78 valence electrons. The molecule has 0 bridgehead atoms. The van der Waals surface area contributed by atoms with E-state index >= 15 is 0 Å². The Bertz CT molecular complexity index is 312. The number of allylic oxidation sites excluding steroid dienone is 1. The van der Waals surface area contributed by atoms with Gasteiger partial charge in [-0.05, 0) is 13.0 Å².